The number of amides is 1. The number of hydrogen-bond donors (Lipinski definition) is 1. The number of carbonyl (C=O) groups excluding carboxylic acids is 2. The molecule has 6 nitrogen and oxygen atoms in total. The zero-order valence-electron chi connectivity index (χ0n) is 13.7. The molecule has 0 atom stereocenters. The maximum absolute atomic E-state index is 13.0. The average Bonchev–Trinajstić information content (AvgIpc) is 2.56. The van der Waals surface area contributed by atoms with Crippen molar-refractivity contribution in [3.63, 3.8) is 0 Å². The fourth-order valence-corrected chi connectivity index (χ4v) is 4.47. The maximum atomic E-state index is 13.0. The van der Waals surface area contributed by atoms with Gasteiger partial charge in [-0.3, -0.25) is 13.9 Å². The van der Waals surface area contributed by atoms with Crippen molar-refractivity contribution in [3.05, 3.63) is 51.5 Å². The van der Waals surface area contributed by atoms with E-state index >= 15 is 0 Å². The van der Waals surface area contributed by atoms with Crippen LogP contribution in [-0.4, -0.2) is 26.1 Å². The number of anilines is 2. The van der Waals surface area contributed by atoms with Crippen molar-refractivity contribution in [1.82, 2.24) is 0 Å². The van der Waals surface area contributed by atoms with E-state index in [1.807, 2.05) is 0 Å². The number of sulfonamides is 1. The van der Waals surface area contributed by atoms with E-state index in [2.05, 4.69) is 5.32 Å². The van der Waals surface area contributed by atoms with Gasteiger partial charge in [0.2, 0.25) is 11.1 Å². The Hall–Kier alpha value is -1.51. The van der Waals surface area contributed by atoms with Gasteiger partial charge in [-0.05, 0) is 48.0 Å². The van der Waals surface area contributed by atoms with Crippen molar-refractivity contribution in [1.29, 1.82) is 0 Å². The third-order valence-electron chi connectivity index (χ3n) is 3.29. The molecule has 0 aliphatic carbocycles. The Morgan fingerprint density at radius 3 is 2.07 bits per heavy atom. The van der Waals surface area contributed by atoms with Crippen molar-refractivity contribution in [3.8, 4) is 0 Å². The van der Waals surface area contributed by atoms with Crippen molar-refractivity contribution < 1.29 is 18.0 Å². The number of halogens is 4. The number of carbonyl (C=O) groups is 2. The van der Waals surface area contributed by atoms with Crippen LogP contribution in [-0.2, 0) is 19.6 Å². The normalized spacial score (nSPS) is 11.1. The van der Waals surface area contributed by atoms with Crippen LogP contribution in [0.5, 0.6) is 0 Å². The van der Waals surface area contributed by atoms with Crippen LogP contribution in [0.3, 0.4) is 0 Å². The molecule has 1 amide bonds. The Morgan fingerprint density at radius 2 is 1.56 bits per heavy atom. The highest BCUT2D eigenvalue weighted by Crippen LogP contribution is 2.37. The fourth-order valence-electron chi connectivity index (χ4n) is 2.16. The molecule has 2 aromatic carbocycles. The second kappa shape index (κ2) is 8.67. The number of nitrogens with one attached hydrogen (secondary N) is 1. The van der Waals surface area contributed by atoms with E-state index < -0.39 is 21.8 Å². The lowest BCUT2D eigenvalue weighted by atomic mass is 10.3. The van der Waals surface area contributed by atoms with E-state index in [4.69, 9.17) is 46.4 Å². The van der Waals surface area contributed by atoms with Gasteiger partial charge in [0.05, 0.1) is 25.7 Å². The highest BCUT2D eigenvalue weighted by Gasteiger charge is 2.29. The van der Waals surface area contributed by atoms with Crippen molar-refractivity contribution in [2.24, 2.45) is 0 Å². The first-order valence-corrected chi connectivity index (χ1v) is 10.2. The van der Waals surface area contributed by atoms with Gasteiger partial charge in [-0.15, -0.1) is 0 Å². The molecule has 1 N–H and O–H groups in total. The molecule has 11 heteroatoms. The minimum absolute atomic E-state index is 0.0271. The molecule has 0 unspecified atom stereocenters. The van der Waals surface area contributed by atoms with Crippen LogP contribution in [0.2, 0.25) is 15.1 Å². The molecule has 144 valence electrons. The van der Waals surface area contributed by atoms with Gasteiger partial charge in [0.25, 0.3) is 10.0 Å². The molecule has 0 aliphatic rings. The van der Waals surface area contributed by atoms with Gasteiger partial charge in [0, 0.05) is 12.6 Å². The molecule has 0 radical (unpaired) electrons. The van der Waals surface area contributed by atoms with Crippen molar-refractivity contribution >= 4 is 79.0 Å². The third kappa shape index (κ3) is 5.27. The lowest BCUT2D eigenvalue weighted by Crippen LogP contribution is -2.34. The summed E-state index contributed by atoms with van der Waals surface area (Å²) in [5.74, 6) is -0.303. The predicted molar refractivity (Wildman–Crippen MR) is 108 cm³/mol. The van der Waals surface area contributed by atoms with Crippen LogP contribution in [0.15, 0.2) is 41.3 Å². The van der Waals surface area contributed by atoms with Crippen LogP contribution >= 0.6 is 46.4 Å². The average molecular weight is 470 g/mol. The molecule has 0 aliphatic heterocycles. The summed E-state index contributed by atoms with van der Waals surface area (Å²) in [5.41, 5.74) is 0.361. The summed E-state index contributed by atoms with van der Waals surface area (Å²) in [7, 11) is -4.22. The third-order valence-corrected chi connectivity index (χ3v) is 6.21. The van der Waals surface area contributed by atoms with E-state index in [9.17, 15) is 18.0 Å². The van der Waals surface area contributed by atoms with Gasteiger partial charge >= 0.3 is 0 Å². The van der Waals surface area contributed by atoms with E-state index in [0.717, 1.165) is 4.31 Å². The SMILES string of the molecule is CC(=O)Nc1ccc(S(=O)(=O)N(CC(=O)Cl)c2cc(Cl)c(Cl)cc2Cl)cc1. The quantitative estimate of drug-likeness (QED) is 0.496. The van der Waals surface area contributed by atoms with Gasteiger partial charge < -0.3 is 5.32 Å². The van der Waals surface area contributed by atoms with Crippen molar-refractivity contribution in [2.75, 3.05) is 16.2 Å². The summed E-state index contributed by atoms with van der Waals surface area (Å²) < 4.78 is 26.8. The molecule has 0 saturated heterocycles. The molecule has 27 heavy (non-hydrogen) atoms. The molecule has 0 heterocycles. The first-order valence-electron chi connectivity index (χ1n) is 7.25. The summed E-state index contributed by atoms with van der Waals surface area (Å²) in [6, 6.07) is 7.86. The number of benzene rings is 2. The first-order chi connectivity index (χ1) is 12.5. The number of hydrogen-bond acceptors (Lipinski definition) is 4. The highest BCUT2D eigenvalue weighted by molar-refractivity contribution is 7.92. The van der Waals surface area contributed by atoms with Gasteiger partial charge in [0.15, 0.2) is 0 Å². The Bertz CT molecular complexity index is 994. The summed E-state index contributed by atoms with van der Waals surface area (Å²) in [6.07, 6.45) is 0. The molecule has 0 fully saturated rings. The standard InChI is InChI=1S/C16H12Cl4N2O4S/c1-9(23)21-10-2-4-11(5-3-10)27(25,26)22(8-16(20)24)15-7-13(18)12(17)6-14(15)19/h2-7H,8H2,1H3,(H,21,23). The van der Waals surface area contributed by atoms with Crippen molar-refractivity contribution in [2.45, 2.75) is 11.8 Å². The molecular weight excluding hydrogens is 458 g/mol. The molecule has 0 bridgehead atoms. The molecule has 2 aromatic rings. The van der Waals surface area contributed by atoms with E-state index in [1.165, 1.54) is 43.3 Å². The summed E-state index contributed by atoms with van der Waals surface area (Å²) >= 11 is 23.4. The summed E-state index contributed by atoms with van der Waals surface area (Å²) in [6.45, 7) is 0.653. The number of rotatable bonds is 6. The monoisotopic (exact) mass is 468 g/mol. The second-order valence-electron chi connectivity index (χ2n) is 5.29. The van der Waals surface area contributed by atoms with Crippen LogP contribution in [0.1, 0.15) is 6.92 Å². The van der Waals surface area contributed by atoms with Gasteiger partial charge in [-0.2, -0.15) is 0 Å². The summed E-state index contributed by atoms with van der Waals surface area (Å²) in [5, 5.41) is 1.76. The largest absolute Gasteiger partial charge is 0.326 e. The highest BCUT2D eigenvalue weighted by atomic mass is 35.5. The zero-order chi connectivity index (χ0) is 20.4. The Morgan fingerprint density at radius 1 is 1.00 bits per heavy atom. The van der Waals surface area contributed by atoms with Gasteiger partial charge in [-0.1, -0.05) is 34.8 Å². The van der Waals surface area contributed by atoms with Crippen LogP contribution in [0.25, 0.3) is 0 Å². The zero-order valence-corrected chi connectivity index (χ0v) is 17.5. The number of nitrogens with zero attached hydrogens (tertiary/aromatic N) is 1. The van der Waals surface area contributed by atoms with Crippen LogP contribution < -0.4 is 9.62 Å². The Balaban J connectivity index is 2.54. The minimum atomic E-state index is -4.22. The molecule has 0 aromatic heterocycles. The summed E-state index contributed by atoms with van der Waals surface area (Å²) in [4.78, 5) is 22.4. The smallest absolute Gasteiger partial charge is 0.264 e. The first kappa shape index (κ1) is 21.8. The second-order valence-corrected chi connectivity index (χ2v) is 8.80. The van der Waals surface area contributed by atoms with Crippen LogP contribution in [0, 0.1) is 0 Å². The van der Waals surface area contributed by atoms with E-state index in [0.29, 0.717) is 5.69 Å². The minimum Gasteiger partial charge on any atom is -0.326 e. The molecular formula is C16H12Cl4N2O4S. The van der Waals surface area contributed by atoms with Gasteiger partial charge in [-0.25, -0.2) is 8.42 Å². The maximum Gasteiger partial charge on any atom is 0.264 e. The lowest BCUT2D eigenvalue weighted by Gasteiger charge is -2.24. The molecule has 0 saturated carbocycles. The van der Waals surface area contributed by atoms with Crippen LogP contribution in [0.4, 0.5) is 11.4 Å². The Labute approximate surface area is 176 Å². The Kier molecular flexibility index (Phi) is 6.99. The topological polar surface area (TPSA) is 83.6 Å². The lowest BCUT2D eigenvalue weighted by molar-refractivity contribution is -0.114. The molecule has 2 rings (SSSR count). The fraction of sp³-hybridized carbons (Fsp3) is 0.125. The van der Waals surface area contributed by atoms with E-state index in [-0.39, 0.29) is 31.6 Å². The predicted octanol–water partition coefficient (Wildman–Crippen LogP) is 4.57. The van der Waals surface area contributed by atoms with E-state index in [1.54, 1.807) is 0 Å². The molecule has 0 spiro atoms. The van der Waals surface area contributed by atoms with Gasteiger partial charge in [0.1, 0.15) is 6.54 Å².